The Morgan fingerprint density at radius 3 is 2.45 bits per heavy atom. The van der Waals surface area contributed by atoms with E-state index in [9.17, 15) is 9.59 Å². The van der Waals surface area contributed by atoms with Gasteiger partial charge in [-0.25, -0.2) is 4.79 Å². The minimum absolute atomic E-state index is 0.00350. The fourth-order valence-electron chi connectivity index (χ4n) is 3.08. The highest BCUT2D eigenvalue weighted by molar-refractivity contribution is 6.30. The number of carbonyl (C=O) groups is 2. The van der Waals surface area contributed by atoms with Crippen molar-refractivity contribution in [3.05, 3.63) is 34.9 Å². The molecule has 1 unspecified atom stereocenters. The van der Waals surface area contributed by atoms with Crippen molar-refractivity contribution in [1.29, 1.82) is 0 Å². The summed E-state index contributed by atoms with van der Waals surface area (Å²) in [5, 5.41) is 9.78. The predicted molar refractivity (Wildman–Crippen MR) is 80.9 cm³/mol. The van der Waals surface area contributed by atoms with Crippen LogP contribution in [0.1, 0.15) is 25.3 Å². The maximum absolute atomic E-state index is 12.9. The van der Waals surface area contributed by atoms with Crippen molar-refractivity contribution in [3.63, 3.8) is 0 Å². The molecule has 0 spiro atoms. The average molecular weight is 324 g/mol. The Morgan fingerprint density at radius 2 is 1.91 bits per heavy atom. The van der Waals surface area contributed by atoms with Crippen molar-refractivity contribution in [2.75, 3.05) is 13.1 Å². The molecule has 1 aliphatic carbocycles. The Kier molecular flexibility index (Phi) is 3.87. The number of carboxylic acids is 1. The highest BCUT2D eigenvalue weighted by atomic mass is 35.5. The summed E-state index contributed by atoms with van der Waals surface area (Å²) in [5.74, 6) is -1.03. The van der Waals surface area contributed by atoms with E-state index < -0.39 is 17.5 Å². The molecule has 1 saturated carbocycles. The van der Waals surface area contributed by atoms with E-state index in [0.717, 1.165) is 18.4 Å². The molecular formula is C16H18ClNO4. The molecule has 1 amide bonds. The van der Waals surface area contributed by atoms with E-state index in [2.05, 4.69) is 0 Å². The molecule has 22 heavy (non-hydrogen) atoms. The van der Waals surface area contributed by atoms with Crippen LogP contribution in [-0.2, 0) is 19.7 Å². The highest BCUT2D eigenvalue weighted by Gasteiger charge is 2.54. The summed E-state index contributed by atoms with van der Waals surface area (Å²) in [6.45, 7) is 2.32. The molecule has 1 saturated heterocycles. The Morgan fingerprint density at radius 1 is 1.27 bits per heavy atom. The molecule has 2 atom stereocenters. The first-order chi connectivity index (χ1) is 10.4. The van der Waals surface area contributed by atoms with E-state index in [0.29, 0.717) is 11.6 Å². The molecular weight excluding hydrogens is 306 g/mol. The van der Waals surface area contributed by atoms with E-state index >= 15 is 0 Å². The van der Waals surface area contributed by atoms with Crippen molar-refractivity contribution in [1.82, 2.24) is 4.90 Å². The van der Waals surface area contributed by atoms with Crippen LogP contribution in [-0.4, -0.2) is 47.2 Å². The van der Waals surface area contributed by atoms with Gasteiger partial charge in [-0.1, -0.05) is 23.7 Å². The highest BCUT2D eigenvalue weighted by Crippen LogP contribution is 2.50. The van der Waals surface area contributed by atoms with E-state index in [-0.39, 0.29) is 18.6 Å². The van der Waals surface area contributed by atoms with Crippen molar-refractivity contribution in [2.24, 2.45) is 0 Å². The third-order valence-corrected chi connectivity index (χ3v) is 4.63. The van der Waals surface area contributed by atoms with Crippen molar-refractivity contribution in [3.8, 4) is 0 Å². The number of nitrogens with zero attached hydrogens (tertiary/aromatic N) is 1. The Balaban J connectivity index is 1.81. The Hall–Kier alpha value is -1.59. The summed E-state index contributed by atoms with van der Waals surface area (Å²) >= 11 is 5.91. The van der Waals surface area contributed by atoms with Gasteiger partial charge in [0, 0.05) is 11.6 Å². The maximum atomic E-state index is 12.9. The molecule has 6 heteroatoms. The summed E-state index contributed by atoms with van der Waals surface area (Å²) in [7, 11) is 0. The largest absolute Gasteiger partial charge is 0.479 e. The van der Waals surface area contributed by atoms with Gasteiger partial charge in [-0.15, -0.1) is 0 Å². The molecule has 118 valence electrons. The number of halogens is 1. The summed E-state index contributed by atoms with van der Waals surface area (Å²) < 4.78 is 5.37. The summed E-state index contributed by atoms with van der Waals surface area (Å²) in [5.41, 5.74) is 0.443. The van der Waals surface area contributed by atoms with Crippen LogP contribution in [0.25, 0.3) is 0 Å². The van der Waals surface area contributed by atoms with E-state index in [1.165, 1.54) is 0 Å². The van der Waals surface area contributed by atoms with Crippen LogP contribution in [0.5, 0.6) is 0 Å². The first kappa shape index (κ1) is 15.3. The monoisotopic (exact) mass is 323 g/mol. The predicted octanol–water partition coefficient (Wildman–Crippen LogP) is 2.07. The molecule has 2 fully saturated rings. The van der Waals surface area contributed by atoms with Gasteiger partial charge in [-0.05, 0) is 37.5 Å². The number of rotatable bonds is 3. The number of aliphatic carboxylic acids is 1. The summed E-state index contributed by atoms with van der Waals surface area (Å²) in [6.07, 6.45) is 0.349. The van der Waals surface area contributed by atoms with E-state index in [4.69, 9.17) is 21.4 Å². The lowest BCUT2D eigenvalue weighted by molar-refractivity contribution is -0.167. The van der Waals surface area contributed by atoms with Gasteiger partial charge in [0.2, 0.25) is 5.91 Å². The second kappa shape index (κ2) is 5.56. The van der Waals surface area contributed by atoms with Gasteiger partial charge in [0.05, 0.1) is 18.1 Å². The third-order valence-electron chi connectivity index (χ3n) is 4.38. The number of amides is 1. The summed E-state index contributed by atoms with van der Waals surface area (Å²) in [4.78, 5) is 25.7. The van der Waals surface area contributed by atoms with Crippen molar-refractivity contribution < 1.29 is 19.4 Å². The van der Waals surface area contributed by atoms with Crippen LogP contribution in [0.4, 0.5) is 0 Å². The van der Waals surface area contributed by atoms with Crippen LogP contribution in [0.2, 0.25) is 5.02 Å². The number of morpholine rings is 1. The second-order valence-corrected chi connectivity index (χ2v) is 6.51. The molecule has 5 nitrogen and oxygen atoms in total. The van der Waals surface area contributed by atoms with Crippen molar-refractivity contribution in [2.45, 2.75) is 37.4 Å². The first-order valence-corrected chi connectivity index (χ1v) is 7.74. The standard InChI is InChI=1S/C16H18ClNO4/c1-10-8-18(9-13(22-10)14(19)20)15(21)16(6-7-16)11-2-4-12(17)5-3-11/h2-5,10,13H,6-9H2,1H3,(H,19,20)/t10-,13?/m1/s1. The molecule has 0 radical (unpaired) electrons. The third kappa shape index (κ3) is 2.71. The molecule has 1 heterocycles. The minimum atomic E-state index is -1.03. The Labute approximate surface area is 133 Å². The lowest BCUT2D eigenvalue weighted by Gasteiger charge is -2.37. The maximum Gasteiger partial charge on any atom is 0.334 e. The quantitative estimate of drug-likeness (QED) is 0.924. The van der Waals surface area contributed by atoms with Gasteiger partial charge >= 0.3 is 5.97 Å². The average Bonchev–Trinajstić information content (AvgIpc) is 3.28. The van der Waals surface area contributed by atoms with Gasteiger partial charge in [0.1, 0.15) is 0 Å². The fraction of sp³-hybridized carbons (Fsp3) is 0.500. The van der Waals surface area contributed by atoms with Gasteiger partial charge < -0.3 is 14.7 Å². The molecule has 3 rings (SSSR count). The molecule has 2 aliphatic rings. The lowest BCUT2D eigenvalue weighted by atomic mass is 9.93. The van der Waals surface area contributed by atoms with Gasteiger partial charge in [-0.3, -0.25) is 4.79 Å². The first-order valence-electron chi connectivity index (χ1n) is 7.36. The Bertz CT molecular complexity index is 597. The number of carboxylic acid groups (broad SMARTS) is 1. The number of hydrogen-bond donors (Lipinski definition) is 1. The zero-order chi connectivity index (χ0) is 15.9. The number of ether oxygens (including phenoxy) is 1. The zero-order valence-corrected chi connectivity index (χ0v) is 13.0. The number of hydrogen-bond acceptors (Lipinski definition) is 3. The van der Waals surface area contributed by atoms with Crippen molar-refractivity contribution >= 4 is 23.5 Å². The lowest BCUT2D eigenvalue weighted by Crippen LogP contribution is -2.54. The molecule has 1 aliphatic heterocycles. The van der Waals surface area contributed by atoms with E-state index in [1.54, 1.807) is 24.0 Å². The van der Waals surface area contributed by atoms with E-state index in [1.807, 2.05) is 12.1 Å². The SMILES string of the molecule is C[C@@H]1CN(C(=O)C2(c3ccc(Cl)cc3)CC2)CC(C(=O)O)O1. The van der Waals surface area contributed by atoms with Crippen LogP contribution < -0.4 is 0 Å². The van der Waals surface area contributed by atoms with Crippen LogP contribution >= 0.6 is 11.6 Å². The molecule has 0 aromatic heterocycles. The van der Waals surface area contributed by atoms with Crippen LogP contribution in [0.15, 0.2) is 24.3 Å². The van der Waals surface area contributed by atoms with Crippen LogP contribution in [0, 0.1) is 0 Å². The number of carbonyl (C=O) groups excluding carboxylic acids is 1. The normalized spacial score (nSPS) is 26.5. The van der Waals surface area contributed by atoms with Gasteiger partial charge in [0.15, 0.2) is 6.10 Å². The van der Waals surface area contributed by atoms with Gasteiger partial charge in [-0.2, -0.15) is 0 Å². The minimum Gasteiger partial charge on any atom is -0.479 e. The fourth-order valence-corrected chi connectivity index (χ4v) is 3.20. The second-order valence-electron chi connectivity index (χ2n) is 6.07. The zero-order valence-electron chi connectivity index (χ0n) is 12.3. The van der Waals surface area contributed by atoms with Gasteiger partial charge in [0.25, 0.3) is 0 Å². The number of benzene rings is 1. The summed E-state index contributed by atoms with van der Waals surface area (Å²) in [6, 6.07) is 7.33. The smallest absolute Gasteiger partial charge is 0.334 e. The molecule has 0 bridgehead atoms. The topological polar surface area (TPSA) is 66.8 Å². The molecule has 1 N–H and O–H groups in total. The molecule has 1 aromatic carbocycles. The molecule has 1 aromatic rings. The van der Waals surface area contributed by atoms with Crippen LogP contribution in [0.3, 0.4) is 0 Å².